The number of hydrogen-bond donors (Lipinski definition) is 1. The summed E-state index contributed by atoms with van der Waals surface area (Å²) in [6, 6.07) is 2.05. The molecule has 1 aliphatic rings. The van der Waals surface area contributed by atoms with Gasteiger partial charge in [-0.1, -0.05) is 13.8 Å². The molecular formula is C13H20O2. The molecule has 1 aliphatic carbocycles. The first-order valence-electron chi connectivity index (χ1n) is 5.86. The Balaban J connectivity index is 2.43. The van der Waals surface area contributed by atoms with Crippen molar-refractivity contribution >= 4 is 0 Å². The number of aryl methyl sites for hydroxylation is 1. The maximum atomic E-state index is 10.3. The monoisotopic (exact) mass is 208 g/mol. The van der Waals surface area contributed by atoms with Crippen molar-refractivity contribution in [3.8, 4) is 0 Å². The van der Waals surface area contributed by atoms with Crippen LogP contribution in [0.15, 0.2) is 10.5 Å². The maximum Gasteiger partial charge on any atom is 0.110 e. The highest BCUT2D eigenvalue weighted by Crippen LogP contribution is 2.37. The molecule has 15 heavy (non-hydrogen) atoms. The van der Waals surface area contributed by atoms with Gasteiger partial charge in [-0.3, -0.25) is 0 Å². The van der Waals surface area contributed by atoms with Gasteiger partial charge in [0.1, 0.15) is 11.5 Å². The second-order valence-electron chi connectivity index (χ2n) is 5.12. The molecule has 0 radical (unpaired) electrons. The van der Waals surface area contributed by atoms with Crippen molar-refractivity contribution in [2.24, 2.45) is 0 Å². The Hall–Kier alpha value is -0.760. The summed E-state index contributed by atoms with van der Waals surface area (Å²) in [5, 5.41) is 10.3. The lowest BCUT2D eigenvalue weighted by Crippen LogP contribution is -2.20. The van der Waals surface area contributed by atoms with Crippen LogP contribution in [-0.4, -0.2) is 5.11 Å². The molecule has 2 rings (SSSR count). The third kappa shape index (κ3) is 1.96. The Labute approximate surface area is 91.3 Å². The van der Waals surface area contributed by atoms with Crippen molar-refractivity contribution < 1.29 is 9.52 Å². The summed E-state index contributed by atoms with van der Waals surface area (Å²) in [7, 11) is 0. The molecule has 0 bridgehead atoms. The molecule has 0 fully saturated rings. The first kappa shape index (κ1) is 10.7. The molecule has 1 atom stereocenters. The van der Waals surface area contributed by atoms with E-state index in [1.165, 1.54) is 0 Å². The molecule has 2 nitrogen and oxygen atoms in total. The first-order valence-corrected chi connectivity index (χ1v) is 5.86. The van der Waals surface area contributed by atoms with Crippen LogP contribution in [0.1, 0.15) is 63.0 Å². The van der Waals surface area contributed by atoms with E-state index in [2.05, 4.69) is 13.8 Å². The standard InChI is InChI=1S/C13H20O2/c1-9(2)12-8-10-11(15-12)6-4-5-7-13(10,3)14/h8-9,14H,4-7H2,1-3H3. The molecule has 1 N–H and O–H groups in total. The Bertz CT molecular complexity index is 347. The van der Waals surface area contributed by atoms with Crippen LogP contribution in [0.5, 0.6) is 0 Å². The summed E-state index contributed by atoms with van der Waals surface area (Å²) in [6.45, 7) is 6.14. The fraction of sp³-hybridized carbons (Fsp3) is 0.692. The van der Waals surface area contributed by atoms with E-state index >= 15 is 0 Å². The van der Waals surface area contributed by atoms with Gasteiger partial charge in [0, 0.05) is 17.9 Å². The molecule has 1 unspecified atom stereocenters. The predicted octanol–water partition coefficient (Wildman–Crippen LogP) is 3.34. The van der Waals surface area contributed by atoms with Gasteiger partial charge in [-0.25, -0.2) is 0 Å². The minimum Gasteiger partial charge on any atom is -0.465 e. The van der Waals surface area contributed by atoms with Crippen LogP contribution in [0.2, 0.25) is 0 Å². The van der Waals surface area contributed by atoms with E-state index in [0.29, 0.717) is 5.92 Å². The minimum absolute atomic E-state index is 0.396. The van der Waals surface area contributed by atoms with E-state index in [4.69, 9.17) is 4.42 Å². The third-order valence-corrected chi connectivity index (χ3v) is 3.29. The first-order chi connectivity index (χ1) is 7.00. The highest BCUT2D eigenvalue weighted by atomic mass is 16.3. The molecule has 0 saturated carbocycles. The van der Waals surface area contributed by atoms with Gasteiger partial charge in [0.15, 0.2) is 0 Å². The molecule has 0 saturated heterocycles. The van der Waals surface area contributed by atoms with Crippen LogP contribution in [0.3, 0.4) is 0 Å². The summed E-state index contributed by atoms with van der Waals surface area (Å²) in [4.78, 5) is 0. The van der Waals surface area contributed by atoms with E-state index in [0.717, 1.165) is 42.8 Å². The Morgan fingerprint density at radius 3 is 2.80 bits per heavy atom. The molecule has 0 spiro atoms. The Kier molecular flexibility index (Phi) is 2.63. The zero-order valence-corrected chi connectivity index (χ0v) is 9.84. The largest absolute Gasteiger partial charge is 0.465 e. The van der Waals surface area contributed by atoms with Crippen molar-refractivity contribution in [1.29, 1.82) is 0 Å². The van der Waals surface area contributed by atoms with Crippen molar-refractivity contribution in [3.05, 3.63) is 23.2 Å². The van der Waals surface area contributed by atoms with Crippen LogP contribution < -0.4 is 0 Å². The molecule has 2 heteroatoms. The summed E-state index contributed by atoms with van der Waals surface area (Å²) in [5.41, 5.74) is 0.325. The van der Waals surface area contributed by atoms with E-state index in [9.17, 15) is 5.11 Å². The minimum atomic E-state index is -0.692. The van der Waals surface area contributed by atoms with Crippen LogP contribution in [0.25, 0.3) is 0 Å². The topological polar surface area (TPSA) is 33.4 Å². The molecule has 0 aliphatic heterocycles. The molecule has 1 aromatic heterocycles. The van der Waals surface area contributed by atoms with E-state index in [-0.39, 0.29) is 0 Å². The highest BCUT2D eigenvalue weighted by Gasteiger charge is 2.31. The average molecular weight is 208 g/mol. The Morgan fingerprint density at radius 2 is 2.13 bits per heavy atom. The van der Waals surface area contributed by atoms with Crippen molar-refractivity contribution in [1.82, 2.24) is 0 Å². The summed E-state index contributed by atoms with van der Waals surface area (Å²) in [5.74, 6) is 2.40. The SMILES string of the molecule is CC(C)c1cc2c(o1)CCCCC2(C)O. The van der Waals surface area contributed by atoms with Crippen LogP contribution in [0, 0.1) is 0 Å². The molecule has 1 aromatic rings. The van der Waals surface area contributed by atoms with Crippen LogP contribution >= 0.6 is 0 Å². The van der Waals surface area contributed by atoms with Gasteiger partial charge in [-0.15, -0.1) is 0 Å². The maximum absolute atomic E-state index is 10.3. The van der Waals surface area contributed by atoms with Gasteiger partial charge in [0.05, 0.1) is 5.60 Å². The van der Waals surface area contributed by atoms with Gasteiger partial charge in [-0.05, 0) is 32.3 Å². The van der Waals surface area contributed by atoms with E-state index in [1.54, 1.807) is 0 Å². The molecule has 84 valence electrons. The number of aliphatic hydroxyl groups is 1. The molecule has 0 amide bonds. The summed E-state index contributed by atoms with van der Waals surface area (Å²) < 4.78 is 5.82. The molecule has 0 aromatic carbocycles. The predicted molar refractivity (Wildman–Crippen MR) is 59.9 cm³/mol. The summed E-state index contributed by atoms with van der Waals surface area (Å²) in [6.07, 6.45) is 4.01. The number of fused-ring (bicyclic) bond motifs is 1. The fourth-order valence-electron chi connectivity index (χ4n) is 2.26. The lowest BCUT2D eigenvalue weighted by atomic mass is 9.93. The van der Waals surface area contributed by atoms with Crippen molar-refractivity contribution in [2.75, 3.05) is 0 Å². The second-order valence-corrected chi connectivity index (χ2v) is 5.12. The normalized spacial score (nSPS) is 26.5. The van der Waals surface area contributed by atoms with E-state index < -0.39 is 5.60 Å². The second kappa shape index (κ2) is 3.67. The zero-order chi connectivity index (χ0) is 11.1. The zero-order valence-electron chi connectivity index (χ0n) is 9.84. The van der Waals surface area contributed by atoms with Crippen LogP contribution in [-0.2, 0) is 12.0 Å². The quantitative estimate of drug-likeness (QED) is 0.718. The summed E-state index contributed by atoms with van der Waals surface area (Å²) >= 11 is 0. The number of rotatable bonds is 1. The Morgan fingerprint density at radius 1 is 1.40 bits per heavy atom. The molecule has 1 heterocycles. The van der Waals surface area contributed by atoms with Gasteiger partial charge >= 0.3 is 0 Å². The lowest BCUT2D eigenvalue weighted by Gasteiger charge is -2.20. The van der Waals surface area contributed by atoms with Gasteiger partial charge < -0.3 is 9.52 Å². The smallest absolute Gasteiger partial charge is 0.110 e. The van der Waals surface area contributed by atoms with Gasteiger partial charge in [0.25, 0.3) is 0 Å². The van der Waals surface area contributed by atoms with E-state index in [1.807, 2.05) is 13.0 Å². The number of furan rings is 1. The fourth-order valence-corrected chi connectivity index (χ4v) is 2.26. The van der Waals surface area contributed by atoms with Crippen molar-refractivity contribution in [2.45, 2.75) is 58.0 Å². The molecular weight excluding hydrogens is 188 g/mol. The average Bonchev–Trinajstić information content (AvgIpc) is 2.52. The lowest BCUT2D eigenvalue weighted by molar-refractivity contribution is 0.0468. The highest BCUT2D eigenvalue weighted by molar-refractivity contribution is 5.30. The van der Waals surface area contributed by atoms with Crippen molar-refractivity contribution in [3.63, 3.8) is 0 Å². The van der Waals surface area contributed by atoms with Gasteiger partial charge in [0.2, 0.25) is 0 Å². The van der Waals surface area contributed by atoms with Crippen LogP contribution in [0.4, 0.5) is 0 Å². The third-order valence-electron chi connectivity index (χ3n) is 3.29. The van der Waals surface area contributed by atoms with Gasteiger partial charge in [-0.2, -0.15) is 0 Å². The number of hydrogen-bond acceptors (Lipinski definition) is 2.